The average Bonchev–Trinajstić information content (AvgIpc) is 2.50. The summed E-state index contributed by atoms with van der Waals surface area (Å²) >= 11 is 0. The van der Waals surface area contributed by atoms with Crippen molar-refractivity contribution in [2.24, 2.45) is 0 Å². The lowest BCUT2D eigenvalue weighted by Gasteiger charge is -2.15. The minimum Gasteiger partial charge on any atom is -0.481 e. The molecule has 0 rings (SSSR count). The zero-order valence-corrected chi connectivity index (χ0v) is 13.8. The van der Waals surface area contributed by atoms with Crippen LogP contribution in [0, 0.1) is 23.7 Å². The standard InChI is InChI=1S/C18H28O4/c1-3-5-7-11-15-21-18(14-10-9-13-17(19)20)22-16-12-8-6-4-2/h18H,3-6,9-10,13-16H2,1-2H3,(H,19,20). The summed E-state index contributed by atoms with van der Waals surface area (Å²) in [5.41, 5.74) is 0. The van der Waals surface area contributed by atoms with Crippen molar-refractivity contribution in [2.45, 2.75) is 71.5 Å². The summed E-state index contributed by atoms with van der Waals surface area (Å²) in [6.07, 6.45) is 5.68. The SMILES string of the molecule is CCCC#CCOC(CCCCC(=O)O)OCC#CCCC. The minimum atomic E-state index is -0.769. The number of hydrogen-bond acceptors (Lipinski definition) is 3. The van der Waals surface area contributed by atoms with Gasteiger partial charge in [-0.25, -0.2) is 0 Å². The van der Waals surface area contributed by atoms with E-state index in [1.54, 1.807) is 0 Å². The smallest absolute Gasteiger partial charge is 0.303 e. The number of rotatable bonds is 11. The molecule has 0 spiro atoms. The molecular formula is C18H28O4. The largest absolute Gasteiger partial charge is 0.481 e. The Labute approximate surface area is 134 Å². The average molecular weight is 308 g/mol. The minimum absolute atomic E-state index is 0.180. The first-order valence-electron chi connectivity index (χ1n) is 8.07. The lowest BCUT2D eigenvalue weighted by atomic mass is 10.2. The topological polar surface area (TPSA) is 55.8 Å². The molecule has 22 heavy (non-hydrogen) atoms. The van der Waals surface area contributed by atoms with Crippen LogP contribution in [0.1, 0.15) is 65.2 Å². The Bertz CT molecular complexity index is 367. The number of aliphatic carboxylic acids is 1. The lowest BCUT2D eigenvalue weighted by Crippen LogP contribution is -2.18. The molecule has 0 aromatic rings. The summed E-state index contributed by atoms with van der Waals surface area (Å²) < 4.78 is 11.2. The summed E-state index contributed by atoms with van der Waals surface area (Å²) in [7, 11) is 0. The third-order valence-corrected chi connectivity index (χ3v) is 2.76. The van der Waals surface area contributed by atoms with Gasteiger partial charge >= 0.3 is 5.97 Å². The van der Waals surface area contributed by atoms with Gasteiger partial charge in [-0.1, -0.05) is 25.7 Å². The Hall–Kier alpha value is -1.49. The number of hydrogen-bond donors (Lipinski definition) is 1. The Morgan fingerprint density at radius 3 is 1.95 bits per heavy atom. The van der Waals surface area contributed by atoms with Gasteiger partial charge in [-0.15, -0.1) is 11.8 Å². The van der Waals surface area contributed by atoms with E-state index >= 15 is 0 Å². The van der Waals surface area contributed by atoms with Crippen molar-refractivity contribution in [1.29, 1.82) is 0 Å². The third-order valence-electron chi connectivity index (χ3n) is 2.76. The summed E-state index contributed by atoms with van der Waals surface area (Å²) in [4.78, 5) is 10.5. The molecule has 0 aliphatic carbocycles. The molecule has 0 aromatic heterocycles. The van der Waals surface area contributed by atoms with Crippen molar-refractivity contribution in [2.75, 3.05) is 13.2 Å². The summed E-state index contributed by atoms with van der Waals surface area (Å²) in [6, 6.07) is 0. The normalized spacial score (nSPS) is 9.77. The summed E-state index contributed by atoms with van der Waals surface area (Å²) in [5.74, 6) is 11.2. The van der Waals surface area contributed by atoms with E-state index in [0.717, 1.165) is 32.1 Å². The van der Waals surface area contributed by atoms with Crippen LogP contribution in [-0.4, -0.2) is 30.6 Å². The van der Waals surface area contributed by atoms with Crippen LogP contribution in [0.3, 0.4) is 0 Å². The van der Waals surface area contributed by atoms with Crippen LogP contribution in [0.4, 0.5) is 0 Å². The fraction of sp³-hybridized carbons (Fsp3) is 0.722. The number of carboxylic acids is 1. The van der Waals surface area contributed by atoms with E-state index in [4.69, 9.17) is 14.6 Å². The summed E-state index contributed by atoms with van der Waals surface area (Å²) in [5, 5.41) is 8.63. The number of ether oxygens (including phenoxy) is 2. The first-order valence-corrected chi connectivity index (χ1v) is 8.07. The van der Waals surface area contributed by atoms with Gasteiger partial charge < -0.3 is 14.6 Å². The number of unbranched alkanes of at least 4 members (excludes halogenated alkanes) is 3. The molecule has 124 valence electrons. The zero-order valence-electron chi connectivity index (χ0n) is 13.8. The molecule has 0 aliphatic rings. The molecular weight excluding hydrogens is 280 g/mol. The molecule has 0 bridgehead atoms. The highest BCUT2D eigenvalue weighted by molar-refractivity contribution is 5.66. The molecule has 4 heteroatoms. The van der Waals surface area contributed by atoms with E-state index < -0.39 is 5.97 Å². The van der Waals surface area contributed by atoms with Gasteiger partial charge in [-0.3, -0.25) is 4.79 Å². The predicted octanol–water partition coefficient (Wildman–Crippen LogP) is 3.60. The molecule has 0 atom stereocenters. The molecule has 0 saturated carbocycles. The van der Waals surface area contributed by atoms with Crippen LogP contribution in [0.5, 0.6) is 0 Å². The second kappa shape index (κ2) is 15.9. The second-order valence-electron chi connectivity index (χ2n) is 4.90. The Morgan fingerprint density at radius 1 is 0.955 bits per heavy atom. The van der Waals surface area contributed by atoms with Crippen LogP contribution in [0.2, 0.25) is 0 Å². The van der Waals surface area contributed by atoms with Gasteiger partial charge in [-0.2, -0.15) is 0 Å². The van der Waals surface area contributed by atoms with Gasteiger partial charge in [0.25, 0.3) is 0 Å². The fourth-order valence-corrected chi connectivity index (χ4v) is 1.60. The Balaban J connectivity index is 4.05. The van der Waals surface area contributed by atoms with Gasteiger partial charge in [0, 0.05) is 19.3 Å². The van der Waals surface area contributed by atoms with Crippen molar-refractivity contribution in [3.63, 3.8) is 0 Å². The maximum Gasteiger partial charge on any atom is 0.303 e. The molecule has 0 unspecified atom stereocenters. The van der Waals surface area contributed by atoms with Crippen molar-refractivity contribution >= 4 is 5.97 Å². The van der Waals surface area contributed by atoms with Gasteiger partial charge in [-0.05, 0) is 32.1 Å². The highest BCUT2D eigenvalue weighted by atomic mass is 16.7. The van der Waals surface area contributed by atoms with Crippen molar-refractivity contribution in [1.82, 2.24) is 0 Å². The number of carbonyl (C=O) groups is 1. The lowest BCUT2D eigenvalue weighted by molar-refractivity contribution is -0.138. The van der Waals surface area contributed by atoms with Gasteiger partial charge in [0.1, 0.15) is 13.2 Å². The van der Waals surface area contributed by atoms with Crippen molar-refractivity contribution < 1.29 is 19.4 Å². The van der Waals surface area contributed by atoms with E-state index in [-0.39, 0.29) is 12.7 Å². The van der Waals surface area contributed by atoms with Crippen molar-refractivity contribution in [3.8, 4) is 23.7 Å². The van der Waals surface area contributed by atoms with E-state index in [9.17, 15) is 4.79 Å². The fourth-order valence-electron chi connectivity index (χ4n) is 1.60. The van der Waals surface area contributed by atoms with Gasteiger partial charge in [0.2, 0.25) is 0 Å². The molecule has 1 N–H and O–H groups in total. The van der Waals surface area contributed by atoms with E-state index in [0.29, 0.717) is 26.1 Å². The van der Waals surface area contributed by atoms with Crippen LogP contribution < -0.4 is 0 Å². The van der Waals surface area contributed by atoms with Crippen molar-refractivity contribution in [3.05, 3.63) is 0 Å². The van der Waals surface area contributed by atoms with Crippen LogP contribution in [0.15, 0.2) is 0 Å². The van der Waals surface area contributed by atoms with Crippen LogP contribution >= 0.6 is 0 Å². The Kier molecular flexibility index (Phi) is 14.8. The highest BCUT2D eigenvalue weighted by Crippen LogP contribution is 2.08. The van der Waals surface area contributed by atoms with Crippen LogP contribution in [0.25, 0.3) is 0 Å². The van der Waals surface area contributed by atoms with E-state index in [1.807, 2.05) is 0 Å². The van der Waals surface area contributed by atoms with E-state index in [2.05, 4.69) is 37.5 Å². The summed E-state index contributed by atoms with van der Waals surface area (Å²) in [6.45, 7) is 4.84. The molecule has 4 nitrogen and oxygen atoms in total. The quantitative estimate of drug-likeness (QED) is 0.360. The third kappa shape index (κ3) is 14.9. The molecule has 0 aliphatic heterocycles. The predicted molar refractivity (Wildman–Crippen MR) is 87.2 cm³/mol. The second-order valence-corrected chi connectivity index (χ2v) is 4.90. The van der Waals surface area contributed by atoms with E-state index in [1.165, 1.54) is 0 Å². The highest BCUT2D eigenvalue weighted by Gasteiger charge is 2.08. The molecule has 0 radical (unpaired) electrons. The first kappa shape index (κ1) is 20.5. The Morgan fingerprint density at radius 2 is 1.50 bits per heavy atom. The monoisotopic (exact) mass is 308 g/mol. The molecule has 0 aromatic carbocycles. The number of carboxylic acid groups (broad SMARTS) is 1. The zero-order chi connectivity index (χ0) is 16.5. The maximum atomic E-state index is 10.5. The van der Waals surface area contributed by atoms with Crippen LogP contribution in [-0.2, 0) is 14.3 Å². The van der Waals surface area contributed by atoms with Gasteiger partial charge in [0.15, 0.2) is 6.29 Å². The molecule has 0 heterocycles. The van der Waals surface area contributed by atoms with Gasteiger partial charge in [0.05, 0.1) is 0 Å². The molecule has 0 amide bonds. The molecule has 0 fully saturated rings. The first-order chi connectivity index (χ1) is 10.7. The molecule has 0 saturated heterocycles. The maximum absolute atomic E-state index is 10.5.